The van der Waals surface area contributed by atoms with Gasteiger partial charge in [-0.05, 0) is 24.5 Å². The summed E-state index contributed by atoms with van der Waals surface area (Å²) in [5, 5.41) is 0. The van der Waals surface area contributed by atoms with Crippen molar-refractivity contribution in [3.8, 4) is 5.75 Å². The standard InChI is InChI=1S/C10H15O4P.Ni/c1-2-3-6-9-7-4-5-8-10(9)14-15(11,12)13;/h4-5,7-8H,2-3,6H2,1H3,(H2,11,12,13);/q;+2/p-2. The van der Waals surface area contributed by atoms with E-state index in [0.717, 1.165) is 18.4 Å². The van der Waals surface area contributed by atoms with Crippen LogP contribution in [-0.4, -0.2) is 0 Å². The maximum atomic E-state index is 10.5. The van der Waals surface area contributed by atoms with Crippen LogP contribution in [0.25, 0.3) is 0 Å². The summed E-state index contributed by atoms with van der Waals surface area (Å²) in [6, 6.07) is 6.69. The van der Waals surface area contributed by atoms with Crippen LogP contribution in [0, 0.1) is 0 Å². The smallest absolute Gasteiger partial charge is 0.780 e. The molecule has 0 fully saturated rings. The van der Waals surface area contributed by atoms with Crippen molar-refractivity contribution in [1.29, 1.82) is 0 Å². The van der Waals surface area contributed by atoms with Gasteiger partial charge in [0, 0.05) is 0 Å². The molecule has 0 aliphatic rings. The zero-order chi connectivity index (χ0) is 11.3. The first-order chi connectivity index (χ1) is 7.03. The third kappa shape index (κ3) is 5.67. The van der Waals surface area contributed by atoms with Gasteiger partial charge in [-0.25, -0.2) is 0 Å². The van der Waals surface area contributed by atoms with Gasteiger partial charge in [0.1, 0.15) is 13.6 Å². The van der Waals surface area contributed by atoms with E-state index in [2.05, 4.69) is 4.52 Å². The number of para-hydroxylation sites is 1. The molecular formula is C10H13NiO4P. The Hall–Kier alpha value is -0.336. The van der Waals surface area contributed by atoms with Crippen molar-refractivity contribution in [3.63, 3.8) is 0 Å². The van der Waals surface area contributed by atoms with E-state index in [9.17, 15) is 14.4 Å². The maximum absolute atomic E-state index is 10.5. The molecule has 0 saturated carbocycles. The normalized spacial score (nSPS) is 10.7. The van der Waals surface area contributed by atoms with Crippen LogP contribution in [0.3, 0.4) is 0 Å². The van der Waals surface area contributed by atoms with Gasteiger partial charge in [-0.3, -0.25) is 0 Å². The van der Waals surface area contributed by atoms with E-state index >= 15 is 0 Å². The van der Waals surface area contributed by atoms with Crippen molar-refractivity contribution in [2.24, 2.45) is 0 Å². The van der Waals surface area contributed by atoms with Gasteiger partial charge in [-0.2, -0.15) is 0 Å². The van der Waals surface area contributed by atoms with Crippen molar-refractivity contribution < 1.29 is 35.4 Å². The maximum Gasteiger partial charge on any atom is 2.00 e. The summed E-state index contributed by atoms with van der Waals surface area (Å²) in [6.07, 6.45) is 2.65. The van der Waals surface area contributed by atoms with Gasteiger partial charge >= 0.3 is 16.5 Å². The van der Waals surface area contributed by atoms with E-state index in [-0.39, 0.29) is 22.2 Å². The average molecular weight is 287 g/mol. The van der Waals surface area contributed by atoms with Crippen LogP contribution in [-0.2, 0) is 27.5 Å². The summed E-state index contributed by atoms with van der Waals surface area (Å²) < 4.78 is 14.9. The molecular weight excluding hydrogens is 274 g/mol. The fourth-order valence-electron chi connectivity index (χ4n) is 1.29. The van der Waals surface area contributed by atoms with E-state index in [0.29, 0.717) is 6.42 Å². The third-order valence-corrected chi connectivity index (χ3v) is 2.40. The first-order valence-electron chi connectivity index (χ1n) is 4.82. The minimum absolute atomic E-state index is 0. The fraction of sp³-hybridized carbons (Fsp3) is 0.400. The number of rotatable bonds is 5. The van der Waals surface area contributed by atoms with Gasteiger partial charge in [0.2, 0.25) is 0 Å². The molecule has 1 aromatic carbocycles. The molecule has 0 radical (unpaired) electrons. The Morgan fingerprint density at radius 3 is 2.50 bits per heavy atom. The predicted molar refractivity (Wildman–Crippen MR) is 53.3 cm³/mol. The van der Waals surface area contributed by atoms with Crippen LogP contribution in [0.1, 0.15) is 25.3 Å². The molecule has 6 heteroatoms. The molecule has 16 heavy (non-hydrogen) atoms. The topological polar surface area (TPSA) is 72.4 Å². The molecule has 0 unspecified atom stereocenters. The molecule has 92 valence electrons. The van der Waals surface area contributed by atoms with E-state index in [4.69, 9.17) is 0 Å². The molecule has 0 heterocycles. The van der Waals surface area contributed by atoms with Gasteiger partial charge in [0.15, 0.2) is 0 Å². The van der Waals surface area contributed by atoms with Crippen LogP contribution in [0.2, 0.25) is 0 Å². The Morgan fingerprint density at radius 1 is 1.31 bits per heavy atom. The first kappa shape index (κ1) is 15.7. The summed E-state index contributed by atoms with van der Waals surface area (Å²) in [6.45, 7) is 2.04. The number of benzene rings is 1. The molecule has 0 aromatic heterocycles. The van der Waals surface area contributed by atoms with Crippen LogP contribution in [0.5, 0.6) is 5.75 Å². The summed E-state index contributed by atoms with van der Waals surface area (Å²) in [7, 11) is -4.95. The molecule has 4 nitrogen and oxygen atoms in total. The van der Waals surface area contributed by atoms with Gasteiger partial charge in [-0.15, -0.1) is 0 Å². The van der Waals surface area contributed by atoms with Gasteiger partial charge in [0.25, 0.3) is 0 Å². The minimum atomic E-state index is -4.95. The molecule has 0 spiro atoms. The molecule has 0 amide bonds. The van der Waals surface area contributed by atoms with Crippen molar-refractivity contribution in [2.45, 2.75) is 26.2 Å². The fourth-order valence-corrected chi connectivity index (χ4v) is 1.71. The summed E-state index contributed by atoms with van der Waals surface area (Å²) in [5.74, 6) is 0.152. The number of hydrogen-bond donors (Lipinski definition) is 0. The van der Waals surface area contributed by atoms with Crippen molar-refractivity contribution >= 4 is 7.82 Å². The second-order valence-electron chi connectivity index (χ2n) is 3.25. The first-order valence-corrected chi connectivity index (χ1v) is 6.28. The Balaban J connectivity index is 0.00000225. The molecule has 1 aromatic rings. The Kier molecular flexibility index (Phi) is 6.93. The number of phosphoric ester groups is 1. The van der Waals surface area contributed by atoms with Gasteiger partial charge in [0.05, 0.1) is 0 Å². The second kappa shape index (κ2) is 7.08. The number of aryl methyl sites for hydroxylation is 1. The summed E-state index contributed by atoms with van der Waals surface area (Å²) in [4.78, 5) is 21.0. The Morgan fingerprint density at radius 2 is 1.94 bits per heavy atom. The van der Waals surface area contributed by atoms with Crippen molar-refractivity contribution in [2.75, 3.05) is 0 Å². The van der Waals surface area contributed by atoms with E-state index < -0.39 is 7.82 Å². The number of phosphoric acid groups is 1. The Bertz CT molecular complexity index is 364. The molecule has 1 rings (SSSR count). The minimum Gasteiger partial charge on any atom is -0.780 e. The average Bonchev–Trinajstić information content (AvgIpc) is 2.14. The second-order valence-corrected chi connectivity index (χ2v) is 4.33. The van der Waals surface area contributed by atoms with Crippen LogP contribution < -0.4 is 14.3 Å². The quantitative estimate of drug-likeness (QED) is 0.603. The third-order valence-electron chi connectivity index (χ3n) is 1.98. The molecule has 0 N–H and O–H groups in total. The zero-order valence-corrected chi connectivity index (χ0v) is 10.7. The molecule has 0 aliphatic carbocycles. The van der Waals surface area contributed by atoms with Crippen molar-refractivity contribution in [1.82, 2.24) is 0 Å². The van der Waals surface area contributed by atoms with Gasteiger partial charge in [-0.1, -0.05) is 31.5 Å². The zero-order valence-electron chi connectivity index (χ0n) is 8.83. The van der Waals surface area contributed by atoms with Crippen LogP contribution in [0.15, 0.2) is 24.3 Å². The largest absolute Gasteiger partial charge is 2.00 e. The molecule has 0 aliphatic heterocycles. The predicted octanol–water partition coefficient (Wildman–Crippen LogP) is 1.23. The monoisotopic (exact) mass is 286 g/mol. The number of hydrogen-bond acceptors (Lipinski definition) is 4. The van der Waals surface area contributed by atoms with Crippen LogP contribution >= 0.6 is 7.82 Å². The SMILES string of the molecule is CCCCc1ccccc1OP(=O)([O-])[O-].[Ni+2]. The molecule has 0 atom stereocenters. The van der Waals surface area contributed by atoms with E-state index in [1.54, 1.807) is 18.2 Å². The van der Waals surface area contributed by atoms with E-state index in [1.165, 1.54) is 6.07 Å². The van der Waals surface area contributed by atoms with E-state index in [1.807, 2.05) is 6.92 Å². The molecule has 0 bridgehead atoms. The van der Waals surface area contributed by atoms with Crippen molar-refractivity contribution in [3.05, 3.63) is 29.8 Å². The molecule has 0 saturated heterocycles. The van der Waals surface area contributed by atoms with Crippen LogP contribution in [0.4, 0.5) is 0 Å². The number of unbranched alkanes of at least 4 members (excludes halogenated alkanes) is 1. The summed E-state index contributed by atoms with van der Waals surface area (Å²) in [5.41, 5.74) is 0.756. The van der Waals surface area contributed by atoms with Gasteiger partial charge < -0.3 is 18.9 Å². The Labute approximate surface area is 105 Å². The summed E-state index contributed by atoms with van der Waals surface area (Å²) >= 11 is 0.